The number of rotatable bonds is 5. The second-order valence-corrected chi connectivity index (χ2v) is 4.65. The third-order valence-electron chi connectivity index (χ3n) is 2.97. The molecule has 1 heterocycles. The number of hydrogen-bond acceptors (Lipinski definition) is 3. The van der Waals surface area contributed by atoms with Crippen LogP contribution in [0.1, 0.15) is 16.1 Å². The van der Waals surface area contributed by atoms with Crippen LogP contribution < -0.4 is 11.1 Å². The minimum atomic E-state index is -3.11. The first kappa shape index (κ1) is 15.1. The lowest BCUT2D eigenvalue weighted by atomic mass is 10.2. The van der Waals surface area contributed by atoms with Gasteiger partial charge in [0.15, 0.2) is 0 Å². The summed E-state index contributed by atoms with van der Waals surface area (Å²) in [7, 11) is 0. The Bertz CT molecular complexity index is 625. The highest BCUT2D eigenvalue weighted by molar-refractivity contribution is 5.95. The van der Waals surface area contributed by atoms with Gasteiger partial charge >= 0.3 is 0 Å². The Morgan fingerprint density at radius 3 is 2.67 bits per heavy atom. The van der Waals surface area contributed by atoms with E-state index < -0.39 is 24.9 Å². The van der Waals surface area contributed by atoms with Crippen LogP contribution in [-0.2, 0) is 0 Å². The van der Waals surface area contributed by atoms with Crippen molar-refractivity contribution >= 4 is 5.91 Å². The highest BCUT2D eigenvalue weighted by Gasteiger charge is 2.28. The second kappa shape index (κ2) is 6.01. The molecular formula is C14H16F2N4O. The largest absolute Gasteiger partial charge is 0.346 e. The summed E-state index contributed by atoms with van der Waals surface area (Å²) in [5, 5.41) is 6.38. The number of carbonyl (C=O) groups is 1. The topological polar surface area (TPSA) is 72.9 Å². The van der Waals surface area contributed by atoms with Crippen molar-refractivity contribution in [3.05, 3.63) is 47.8 Å². The number of amides is 1. The average molecular weight is 294 g/mol. The Morgan fingerprint density at radius 2 is 2.05 bits per heavy atom. The number of alkyl halides is 2. The summed E-state index contributed by atoms with van der Waals surface area (Å²) in [5.41, 5.74) is 6.43. The molecule has 0 saturated carbocycles. The van der Waals surface area contributed by atoms with Gasteiger partial charge in [0.2, 0.25) is 0 Å². The highest BCUT2D eigenvalue weighted by Crippen LogP contribution is 2.13. The maximum absolute atomic E-state index is 13.0. The zero-order valence-electron chi connectivity index (χ0n) is 11.5. The first-order chi connectivity index (χ1) is 9.93. The van der Waals surface area contributed by atoms with Crippen LogP contribution in [0, 0.1) is 6.92 Å². The van der Waals surface area contributed by atoms with E-state index in [4.69, 9.17) is 5.73 Å². The van der Waals surface area contributed by atoms with E-state index >= 15 is 0 Å². The number of hydrogen-bond donors (Lipinski definition) is 2. The Hall–Kier alpha value is -2.28. The number of para-hydroxylation sites is 1. The lowest BCUT2D eigenvalue weighted by molar-refractivity contribution is 0.0118. The number of nitrogens with zero attached hydrogens (tertiary/aromatic N) is 2. The third kappa shape index (κ3) is 3.63. The molecule has 112 valence electrons. The van der Waals surface area contributed by atoms with Gasteiger partial charge in [-0.1, -0.05) is 18.2 Å². The van der Waals surface area contributed by atoms with Gasteiger partial charge in [-0.15, -0.1) is 0 Å². The Balaban J connectivity index is 2.14. The summed E-state index contributed by atoms with van der Waals surface area (Å²) in [6, 6.07) is 9.21. The second-order valence-electron chi connectivity index (χ2n) is 4.65. The molecule has 1 aromatic heterocycles. The fourth-order valence-electron chi connectivity index (χ4n) is 1.77. The lowest BCUT2D eigenvalue weighted by Gasteiger charge is -2.14. The molecular weight excluding hydrogens is 278 g/mol. The molecule has 7 heteroatoms. The fraction of sp³-hybridized carbons (Fsp3) is 0.286. The maximum Gasteiger partial charge on any atom is 0.277 e. The number of nitrogens with two attached hydrogens (primary N) is 1. The van der Waals surface area contributed by atoms with Crippen molar-refractivity contribution in [3.8, 4) is 5.69 Å². The lowest BCUT2D eigenvalue weighted by Crippen LogP contribution is -2.41. The minimum absolute atomic E-state index is 0.256. The van der Waals surface area contributed by atoms with E-state index in [9.17, 15) is 13.6 Å². The Labute approximate surface area is 120 Å². The van der Waals surface area contributed by atoms with Gasteiger partial charge in [-0.3, -0.25) is 4.79 Å². The predicted octanol–water partition coefficient (Wildman–Crippen LogP) is 1.50. The first-order valence-corrected chi connectivity index (χ1v) is 6.41. The molecule has 2 rings (SSSR count). The number of carbonyl (C=O) groups excluding carboxylic acids is 1. The zero-order valence-corrected chi connectivity index (χ0v) is 11.5. The van der Waals surface area contributed by atoms with Crippen molar-refractivity contribution in [1.82, 2.24) is 15.1 Å². The molecule has 0 saturated heterocycles. The van der Waals surface area contributed by atoms with E-state index in [0.717, 1.165) is 5.69 Å². The normalized spacial score (nSPS) is 11.4. The number of nitrogens with one attached hydrogen (secondary N) is 1. The Kier molecular flexibility index (Phi) is 4.32. The molecule has 0 fully saturated rings. The Morgan fingerprint density at radius 1 is 1.38 bits per heavy atom. The average Bonchev–Trinajstić information content (AvgIpc) is 2.88. The molecule has 0 bridgehead atoms. The van der Waals surface area contributed by atoms with E-state index in [1.165, 1.54) is 10.9 Å². The summed E-state index contributed by atoms with van der Waals surface area (Å²) >= 11 is 0. The van der Waals surface area contributed by atoms with Crippen molar-refractivity contribution in [3.63, 3.8) is 0 Å². The molecule has 0 spiro atoms. The van der Waals surface area contributed by atoms with Crippen LogP contribution in [-0.4, -0.2) is 34.7 Å². The number of benzene rings is 1. The molecule has 0 aliphatic rings. The van der Waals surface area contributed by atoms with Crippen LogP contribution >= 0.6 is 0 Å². The fourth-order valence-corrected chi connectivity index (χ4v) is 1.77. The molecule has 0 aliphatic heterocycles. The summed E-state index contributed by atoms with van der Waals surface area (Å²) in [4.78, 5) is 11.9. The van der Waals surface area contributed by atoms with E-state index in [-0.39, 0.29) is 5.56 Å². The van der Waals surface area contributed by atoms with Gasteiger partial charge in [-0.05, 0) is 19.1 Å². The van der Waals surface area contributed by atoms with Gasteiger partial charge in [0.1, 0.15) is 0 Å². The van der Waals surface area contributed by atoms with Crippen molar-refractivity contribution in [1.29, 1.82) is 0 Å². The summed E-state index contributed by atoms with van der Waals surface area (Å²) in [6.07, 6.45) is 1.51. The quantitative estimate of drug-likeness (QED) is 0.878. The smallest absolute Gasteiger partial charge is 0.277 e. The predicted molar refractivity (Wildman–Crippen MR) is 74.6 cm³/mol. The van der Waals surface area contributed by atoms with Gasteiger partial charge in [0.05, 0.1) is 30.0 Å². The number of aromatic nitrogens is 2. The van der Waals surface area contributed by atoms with Crippen molar-refractivity contribution < 1.29 is 13.6 Å². The van der Waals surface area contributed by atoms with Gasteiger partial charge in [-0.25, -0.2) is 13.5 Å². The van der Waals surface area contributed by atoms with Crippen molar-refractivity contribution in [2.24, 2.45) is 5.73 Å². The molecule has 0 radical (unpaired) electrons. The minimum Gasteiger partial charge on any atom is -0.346 e. The SMILES string of the molecule is Cc1nn(-c2ccccc2)cc1C(=O)NCC(F)(F)CN. The molecule has 0 atom stereocenters. The van der Waals surface area contributed by atoms with Gasteiger partial charge < -0.3 is 11.1 Å². The van der Waals surface area contributed by atoms with E-state index in [0.29, 0.717) is 5.69 Å². The maximum atomic E-state index is 13.0. The monoisotopic (exact) mass is 294 g/mol. The molecule has 5 nitrogen and oxygen atoms in total. The van der Waals surface area contributed by atoms with E-state index in [1.54, 1.807) is 6.92 Å². The number of halogens is 2. The number of aryl methyl sites for hydroxylation is 1. The van der Waals surface area contributed by atoms with Crippen LogP contribution in [0.2, 0.25) is 0 Å². The van der Waals surface area contributed by atoms with Crippen LogP contribution in [0.15, 0.2) is 36.5 Å². The van der Waals surface area contributed by atoms with Crippen molar-refractivity contribution in [2.75, 3.05) is 13.1 Å². The molecule has 21 heavy (non-hydrogen) atoms. The van der Waals surface area contributed by atoms with Gasteiger partial charge in [-0.2, -0.15) is 5.10 Å². The summed E-state index contributed by atoms with van der Waals surface area (Å²) in [5.74, 6) is -3.71. The first-order valence-electron chi connectivity index (χ1n) is 6.41. The standard InChI is InChI=1S/C14H16F2N4O/c1-10-12(13(21)18-9-14(15,16)8-17)7-20(19-10)11-5-3-2-4-6-11/h2-7H,8-9,17H2,1H3,(H,18,21). The van der Waals surface area contributed by atoms with E-state index in [1.807, 2.05) is 30.3 Å². The summed E-state index contributed by atoms with van der Waals surface area (Å²) in [6.45, 7) is 0.0449. The van der Waals surface area contributed by atoms with Gasteiger partial charge in [0, 0.05) is 6.20 Å². The zero-order chi connectivity index (χ0) is 15.5. The van der Waals surface area contributed by atoms with Gasteiger partial charge in [0.25, 0.3) is 11.8 Å². The summed E-state index contributed by atoms with van der Waals surface area (Å²) < 4.78 is 27.6. The molecule has 1 aromatic carbocycles. The molecule has 0 unspecified atom stereocenters. The van der Waals surface area contributed by atoms with Crippen LogP contribution in [0.25, 0.3) is 5.69 Å². The van der Waals surface area contributed by atoms with Crippen LogP contribution in [0.5, 0.6) is 0 Å². The highest BCUT2D eigenvalue weighted by atomic mass is 19.3. The molecule has 3 N–H and O–H groups in total. The molecule has 0 aliphatic carbocycles. The van der Waals surface area contributed by atoms with Crippen LogP contribution in [0.4, 0.5) is 8.78 Å². The molecule has 2 aromatic rings. The van der Waals surface area contributed by atoms with E-state index in [2.05, 4.69) is 10.4 Å². The molecule has 1 amide bonds. The third-order valence-corrected chi connectivity index (χ3v) is 2.97. The van der Waals surface area contributed by atoms with Crippen LogP contribution in [0.3, 0.4) is 0 Å². The van der Waals surface area contributed by atoms with Crippen molar-refractivity contribution in [2.45, 2.75) is 12.8 Å².